The van der Waals surface area contributed by atoms with E-state index < -0.39 is 0 Å². The second-order valence-corrected chi connectivity index (χ2v) is 6.44. The fourth-order valence-corrected chi connectivity index (χ4v) is 2.89. The van der Waals surface area contributed by atoms with E-state index in [0.29, 0.717) is 17.4 Å². The molecule has 6 nitrogen and oxygen atoms in total. The lowest BCUT2D eigenvalue weighted by atomic mass is 10.3. The second-order valence-electron chi connectivity index (χ2n) is 6.44. The smallest absolute Gasteiger partial charge is 0.226 e. The number of rotatable bonds is 7. The Balaban J connectivity index is 1.78. The SMILES string of the molecule is CCCCNc1nc(Nc2ccc(F)cc2)c2cnn(-c3ccccc3)c2n1. The van der Waals surface area contributed by atoms with Crippen molar-refractivity contribution >= 4 is 28.5 Å². The lowest BCUT2D eigenvalue weighted by Crippen LogP contribution is -2.08. The van der Waals surface area contributed by atoms with Crippen molar-refractivity contribution in [3.63, 3.8) is 0 Å². The van der Waals surface area contributed by atoms with Crippen molar-refractivity contribution in [2.24, 2.45) is 0 Å². The van der Waals surface area contributed by atoms with Crippen LogP contribution in [-0.4, -0.2) is 26.3 Å². The standard InChI is InChI=1S/C21H21FN6/c1-2-3-13-23-21-26-19(25-16-11-9-15(22)10-12-16)18-14-24-28(20(18)27-21)17-7-5-4-6-8-17/h4-12,14H,2-3,13H2,1H3,(H2,23,25,26,27). The maximum absolute atomic E-state index is 13.2. The van der Waals surface area contributed by atoms with Gasteiger partial charge < -0.3 is 10.6 Å². The number of fused-ring (bicyclic) bond motifs is 1. The van der Waals surface area contributed by atoms with E-state index in [0.717, 1.165) is 36.1 Å². The molecule has 4 rings (SSSR count). The molecule has 0 atom stereocenters. The minimum absolute atomic E-state index is 0.280. The van der Waals surface area contributed by atoms with Crippen molar-refractivity contribution < 1.29 is 4.39 Å². The van der Waals surface area contributed by atoms with Gasteiger partial charge in [-0.1, -0.05) is 31.5 Å². The van der Waals surface area contributed by atoms with Crippen LogP contribution in [0.25, 0.3) is 16.7 Å². The summed E-state index contributed by atoms with van der Waals surface area (Å²) in [5.41, 5.74) is 2.36. The molecule has 0 amide bonds. The molecule has 0 bridgehead atoms. The molecule has 4 aromatic rings. The molecule has 0 fully saturated rings. The van der Waals surface area contributed by atoms with Gasteiger partial charge in [-0.3, -0.25) is 0 Å². The molecule has 2 heterocycles. The number of hydrogen-bond acceptors (Lipinski definition) is 5. The van der Waals surface area contributed by atoms with E-state index in [1.807, 2.05) is 30.3 Å². The number of hydrogen-bond donors (Lipinski definition) is 2. The summed E-state index contributed by atoms with van der Waals surface area (Å²) < 4.78 is 15.0. The van der Waals surface area contributed by atoms with Crippen molar-refractivity contribution in [1.82, 2.24) is 19.7 Å². The Morgan fingerprint density at radius 3 is 2.54 bits per heavy atom. The highest BCUT2D eigenvalue weighted by molar-refractivity contribution is 5.90. The number of nitrogens with zero attached hydrogens (tertiary/aromatic N) is 4. The van der Waals surface area contributed by atoms with Gasteiger partial charge in [0, 0.05) is 12.2 Å². The van der Waals surface area contributed by atoms with Gasteiger partial charge in [-0.15, -0.1) is 0 Å². The summed E-state index contributed by atoms with van der Waals surface area (Å²) in [7, 11) is 0. The maximum Gasteiger partial charge on any atom is 0.226 e. The highest BCUT2D eigenvalue weighted by Crippen LogP contribution is 2.27. The molecule has 0 spiro atoms. The molecule has 0 aliphatic heterocycles. The number of benzene rings is 2. The Hall–Kier alpha value is -3.48. The zero-order valence-electron chi connectivity index (χ0n) is 15.6. The van der Waals surface area contributed by atoms with Gasteiger partial charge >= 0.3 is 0 Å². The lowest BCUT2D eigenvalue weighted by Gasteiger charge is -2.11. The fourth-order valence-electron chi connectivity index (χ4n) is 2.89. The van der Waals surface area contributed by atoms with Gasteiger partial charge in [-0.05, 0) is 42.8 Å². The van der Waals surface area contributed by atoms with Crippen LogP contribution in [0.4, 0.5) is 21.8 Å². The molecule has 0 aliphatic carbocycles. The van der Waals surface area contributed by atoms with Gasteiger partial charge in [0.15, 0.2) is 5.65 Å². The minimum Gasteiger partial charge on any atom is -0.354 e. The zero-order valence-corrected chi connectivity index (χ0v) is 15.6. The molecular formula is C21H21FN6. The van der Waals surface area contributed by atoms with E-state index >= 15 is 0 Å². The minimum atomic E-state index is -0.280. The summed E-state index contributed by atoms with van der Waals surface area (Å²) in [5.74, 6) is 0.873. The number of halogens is 1. The Kier molecular flexibility index (Phi) is 5.14. The third-order valence-electron chi connectivity index (χ3n) is 4.35. The van der Waals surface area contributed by atoms with E-state index in [1.165, 1.54) is 12.1 Å². The van der Waals surface area contributed by atoms with Gasteiger partial charge in [-0.25, -0.2) is 9.07 Å². The van der Waals surface area contributed by atoms with Gasteiger partial charge in [0.05, 0.1) is 17.3 Å². The highest BCUT2D eigenvalue weighted by Gasteiger charge is 2.14. The van der Waals surface area contributed by atoms with Crippen LogP contribution in [0.1, 0.15) is 19.8 Å². The number of anilines is 3. The Labute approximate surface area is 162 Å². The third kappa shape index (κ3) is 3.78. The van der Waals surface area contributed by atoms with E-state index in [1.54, 1.807) is 23.0 Å². The summed E-state index contributed by atoms with van der Waals surface area (Å²) in [6.07, 6.45) is 3.85. The summed E-state index contributed by atoms with van der Waals surface area (Å²) in [6.45, 7) is 2.93. The van der Waals surface area contributed by atoms with Crippen LogP contribution in [0.15, 0.2) is 60.8 Å². The monoisotopic (exact) mass is 376 g/mol. The summed E-state index contributed by atoms with van der Waals surface area (Å²) in [4.78, 5) is 9.30. The average molecular weight is 376 g/mol. The van der Waals surface area contributed by atoms with Crippen molar-refractivity contribution in [2.45, 2.75) is 19.8 Å². The van der Waals surface area contributed by atoms with Crippen LogP contribution >= 0.6 is 0 Å². The van der Waals surface area contributed by atoms with Crippen LogP contribution in [0.2, 0.25) is 0 Å². The summed E-state index contributed by atoms with van der Waals surface area (Å²) >= 11 is 0. The van der Waals surface area contributed by atoms with Crippen molar-refractivity contribution in [2.75, 3.05) is 17.2 Å². The molecular weight excluding hydrogens is 355 g/mol. The Morgan fingerprint density at radius 2 is 1.79 bits per heavy atom. The van der Waals surface area contributed by atoms with Gasteiger partial charge in [0.2, 0.25) is 5.95 Å². The first-order valence-electron chi connectivity index (χ1n) is 9.32. The molecule has 28 heavy (non-hydrogen) atoms. The van der Waals surface area contributed by atoms with Crippen molar-refractivity contribution in [1.29, 1.82) is 0 Å². The van der Waals surface area contributed by atoms with Gasteiger partial charge in [-0.2, -0.15) is 15.1 Å². The number of para-hydroxylation sites is 1. The molecule has 2 N–H and O–H groups in total. The van der Waals surface area contributed by atoms with Crippen LogP contribution < -0.4 is 10.6 Å². The predicted octanol–water partition coefficient (Wildman–Crippen LogP) is 4.91. The zero-order chi connectivity index (χ0) is 19.3. The van der Waals surface area contributed by atoms with Crippen LogP contribution in [0.3, 0.4) is 0 Å². The first-order valence-corrected chi connectivity index (χ1v) is 9.32. The van der Waals surface area contributed by atoms with E-state index in [-0.39, 0.29) is 5.82 Å². The van der Waals surface area contributed by atoms with E-state index in [9.17, 15) is 4.39 Å². The van der Waals surface area contributed by atoms with E-state index in [2.05, 4.69) is 32.6 Å². The van der Waals surface area contributed by atoms with Gasteiger partial charge in [0.25, 0.3) is 0 Å². The molecule has 7 heteroatoms. The largest absolute Gasteiger partial charge is 0.354 e. The molecule has 0 aliphatic rings. The normalized spacial score (nSPS) is 10.9. The first-order chi connectivity index (χ1) is 13.7. The van der Waals surface area contributed by atoms with Crippen LogP contribution in [-0.2, 0) is 0 Å². The van der Waals surface area contributed by atoms with Crippen molar-refractivity contribution in [3.8, 4) is 5.69 Å². The quantitative estimate of drug-likeness (QED) is 0.449. The molecule has 2 aromatic heterocycles. The second kappa shape index (κ2) is 8.04. The predicted molar refractivity (Wildman–Crippen MR) is 110 cm³/mol. The third-order valence-corrected chi connectivity index (χ3v) is 4.35. The number of aromatic nitrogens is 4. The molecule has 0 saturated carbocycles. The molecule has 2 aromatic carbocycles. The molecule has 0 unspecified atom stereocenters. The van der Waals surface area contributed by atoms with Crippen LogP contribution in [0, 0.1) is 5.82 Å². The van der Waals surface area contributed by atoms with E-state index in [4.69, 9.17) is 0 Å². The topological polar surface area (TPSA) is 67.7 Å². The summed E-state index contributed by atoms with van der Waals surface area (Å²) in [6, 6.07) is 16.0. The molecule has 0 saturated heterocycles. The average Bonchev–Trinajstić information content (AvgIpc) is 3.15. The van der Waals surface area contributed by atoms with Crippen molar-refractivity contribution in [3.05, 3.63) is 66.6 Å². The Morgan fingerprint density at radius 1 is 1.00 bits per heavy atom. The Bertz CT molecular complexity index is 1060. The highest BCUT2D eigenvalue weighted by atomic mass is 19.1. The molecule has 0 radical (unpaired) electrons. The lowest BCUT2D eigenvalue weighted by molar-refractivity contribution is 0.628. The number of nitrogens with one attached hydrogen (secondary N) is 2. The summed E-state index contributed by atoms with van der Waals surface area (Å²) in [5, 5.41) is 11.8. The first kappa shape index (κ1) is 17.9. The fraction of sp³-hybridized carbons (Fsp3) is 0.190. The number of unbranched alkanes of at least 4 members (excludes halogenated alkanes) is 1. The van der Waals surface area contributed by atoms with Gasteiger partial charge in [0.1, 0.15) is 11.6 Å². The maximum atomic E-state index is 13.2. The van der Waals surface area contributed by atoms with Crippen LogP contribution in [0.5, 0.6) is 0 Å². The molecule has 142 valence electrons.